The standard InChI is InChI=1S/C28H54O4/c1-2-27(30)23-21-19-17-15-13-11-9-7-5-3-4-6-8-10-12-14-16-18-20-22-24-32-26-28(31)25-29/h5,7,28-29,31H,2-4,6,8-26H2,1H3. The zero-order valence-electron chi connectivity index (χ0n) is 21.2. The van der Waals surface area contributed by atoms with E-state index < -0.39 is 6.10 Å². The van der Waals surface area contributed by atoms with Crippen LogP contribution in [0.15, 0.2) is 12.2 Å². The summed E-state index contributed by atoms with van der Waals surface area (Å²) in [5.41, 5.74) is 0. The minimum Gasteiger partial charge on any atom is -0.394 e. The second kappa shape index (κ2) is 26.5. The summed E-state index contributed by atoms with van der Waals surface area (Å²) in [6.07, 6.45) is 28.5. The first-order valence-electron chi connectivity index (χ1n) is 13.7. The Morgan fingerprint density at radius 2 is 1.16 bits per heavy atom. The Kier molecular flexibility index (Phi) is 26.0. The Bertz CT molecular complexity index is 408. The third-order valence-corrected chi connectivity index (χ3v) is 6.07. The Morgan fingerprint density at radius 1 is 0.719 bits per heavy atom. The highest BCUT2D eigenvalue weighted by Crippen LogP contribution is 2.13. The minimum atomic E-state index is -0.730. The van der Waals surface area contributed by atoms with Crippen molar-refractivity contribution in [3.63, 3.8) is 0 Å². The molecule has 0 fully saturated rings. The van der Waals surface area contributed by atoms with Crippen LogP contribution in [0, 0.1) is 0 Å². The summed E-state index contributed by atoms with van der Waals surface area (Å²) < 4.78 is 5.31. The van der Waals surface area contributed by atoms with Crippen LogP contribution in [-0.4, -0.2) is 41.9 Å². The van der Waals surface area contributed by atoms with E-state index in [1.54, 1.807) is 0 Å². The zero-order chi connectivity index (χ0) is 23.5. The second-order valence-electron chi connectivity index (χ2n) is 9.26. The lowest BCUT2D eigenvalue weighted by molar-refractivity contribution is -0.118. The largest absolute Gasteiger partial charge is 0.394 e. The van der Waals surface area contributed by atoms with Gasteiger partial charge in [-0.3, -0.25) is 4.79 Å². The van der Waals surface area contributed by atoms with E-state index in [0.717, 1.165) is 19.3 Å². The number of aliphatic hydroxyl groups excluding tert-OH is 2. The normalized spacial score (nSPS) is 12.6. The molecule has 0 aromatic heterocycles. The van der Waals surface area contributed by atoms with Crippen LogP contribution in [0.3, 0.4) is 0 Å². The fourth-order valence-corrected chi connectivity index (χ4v) is 3.86. The van der Waals surface area contributed by atoms with Gasteiger partial charge in [0, 0.05) is 19.4 Å². The molecule has 4 heteroatoms. The first kappa shape index (κ1) is 31.3. The van der Waals surface area contributed by atoms with E-state index in [4.69, 9.17) is 14.9 Å². The maximum atomic E-state index is 11.2. The molecule has 1 atom stereocenters. The lowest BCUT2D eigenvalue weighted by Crippen LogP contribution is -2.19. The fourth-order valence-electron chi connectivity index (χ4n) is 3.86. The second-order valence-corrected chi connectivity index (χ2v) is 9.26. The number of rotatable bonds is 26. The van der Waals surface area contributed by atoms with Crippen molar-refractivity contribution in [1.29, 1.82) is 0 Å². The monoisotopic (exact) mass is 454 g/mol. The molecule has 0 radical (unpaired) electrons. The molecule has 190 valence electrons. The van der Waals surface area contributed by atoms with E-state index in [0.29, 0.717) is 18.8 Å². The van der Waals surface area contributed by atoms with Crippen molar-refractivity contribution in [3.05, 3.63) is 12.2 Å². The number of ketones is 1. The van der Waals surface area contributed by atoms with Gasteiger partial charge in [0.25, 0.3) is 0 Å². The highest BCUT2D eigenvalue weighted by atomic mass is 16.5. The van der Waals surface area contributed by atoms with Gasteiger partial charge in [0.2, 0.25) is 0 Å². The molecule has 4 nitrogen and oxygen atoms in total. The summed E-state index contributed by atoms with van der Waals surface area (Å²) in [6, 6.07) is 0. The number of ether oxygens (including phenoxy) is 1. The number of aliphatic hydroxyl groups is 2. The smallest absolute Gasteiger partial charge is 0.132 e. The highest BCUT2D eigenvalue weighted by Gasteiger charge is 2.01. The van der Waals surface area contributed by atoms with Gasteiger partial charge in [-0.25, -0.2) is 0 Å². The number of hydrogen-bond acceptors (Lipinski definition) is 4. The van der Waals surface area contributed by atoms with Crippen LogP contribution in [0.5, 0.6) is 0 Å². The molecule has 32 heavy (non-hydrogen) atoms. The van der Waals surface area contributed by atoms with Crippen LogP contribution in [-0.2, 0) is 9.53 Å². The van der Waals surface area contributed by atoms with E-state index in [1.807, 2.05) is 6.92 Å². The quantitative estimate of drug-likeness (QED) is 0.106. The molecular weight excluding hydrogens is 400 g/mol. The Balaban J connectivity index is 3.12. The van der Waals surface area contributed by atoms with Gasteiger partial charge in [-0.05, 0) is 38.5 Å². The topological polar surface area (TPSA) is 66.8 Å². The van der Waals surface area contributed by atoms with Gasteiger partial charge in [0.05, 0.1) is 13.2 Å². The number of hydrogen-bond donors (Lipinski definition) is 2. The number of Topliss-reactive ketones (excluding diaryl/α,β-unsaturated/α-hetero) is 1. The molecule has 0 saturated heterocycles. The van der Waals surface area contributed by atoms with E-state index in [2.05, 4.69) is 12.2 Å². The SMILES string of the molecule is CCC(=O)CCCCCCCCC=CCCCCCCCCCCCCOCC(O)CO. The molecule has 0 aliphatic rings. The van der Waals surface area contributed by atoms with Crippen molar-refractivity contribution in [2.24, 2.45) is 0 Å². The average Bonchev–Trinajstić information content (AvgIpc) is 2.81. The Labute approximate surface area is 199 Å². The number of unbranched alkanes of at least 4 members (excludes halogenated alkanes) is 16. The summed E-state index contributed by atoms with van der Waals surface area (Å²) in [5, 5.41) is 17.8. The van der Waals surface area contributed by atoms with E-state index >= 15 is 0 Å². The number of allylic oxidation sites excluding steroid dienone is 2. The van der Waals surface area contributed by atoms with Crippen molar-refractivity contribution in [2.75, 3.05) is 19.8 Å². The molecular formula is C28H54O4. The van der Waals surface area contributed by atoms with Gasteiger partial charge >= 0.3 is 0 Å². The van der Waals surface area contributed by atoms with Gasteiger partial charge in [-0.15, -0.1) is 0 Å². The maximum Gasteiger partial charge on any atom is 0.132 e. The lowest BCUT2D eigenvalue weighted by atomic mass is 10.0. The first-order valence-corrected chi connectivity index (χ1v) is 13.7. The molecule has 2 N–H and O–H groups in total. The summed E-state index contributed by atoms with van der Waals surface area (Å²) in [7, 11) is 0. The molecule has 0 heterocycles. The highest BCUT2D eigenvalue weighted by molar-refractivity contribution is 5.77. The van der Waals surface area contributed by atoms with E-state index in [1.165, 1.54) is 103 Å². The number of carbonyl (C=O) groups excluding carboxylic acids is 1. The van der Waals surface area contributed by atoms with Crippen molar-refractivity contribution in [1.82, 2.24) is 0 Å². The average molecular weight is 455 g/mol. The predicted molar refractivity (Wildman–Crippen MR) is 136 cm³/mol. The van der Waals surface area contributed by atoms with Crippen LogP contribution in [0.4, 0.5) is 0 Å². The molecule has 0 aromatic rings. The Morgan fingerprint density at radius 3 is 1.62 bits per heavy atom. The van der Waals surface area contributed by atoms with Gasteiger partial charge in [0.1, 0.15) is 11.9 Å². The van der Waals surface area contributed by atoms with Crippen LogP contribution < -0.4 is 0 Å². The minimum absolute atomic E-state index is 0.219. The summed E-state index contributed by atoms with van der Waals surface area (Å²) >= 11 is 0. The van der Waals surface area contributed by atoms with Gasteiger partial charge in [-0.1, -0.05) is 96.1 Å². The summed E-state index contributed by atoms with van der Waals surface area (Å²) in [4.78, 5) is 11.2. The summed E-state index contributed by atoms with van der Waals surface area (Å²) in [5.74, 6) is 0.416. The van der Waals surface area contributed by atoms with Crippen LogP contribution in [0.1, 0.15) is 135 Å². The third kappa shape index (κ3) is 25.5. The third-order valence-electron chi connectivity index (χ3n) is 6.07. The van der Waals surface area contributed by atoms with E-state index in [-0.39, 0.29) is 13.2 Å². The van der Waals surface area contributed by atoms with Gasteiger partial charge in [0.15, 0.2) is 0 Å². The van der Waals surface area contributed by atoms with E-state index in [9.17, 15) is 4.79 Å². The molecule has 0 aliphatic heterocycles. The van der Waals surface area contributed by atoms with Crippen molar-refractivity contribution >= 4 is 5.78 Å². The molecule has 0 aliphatic carbocycles. The molecule has 0 spiro atoms. The Hall–Kier alpha value is -0.710. The number of carbonyl (C=O) groups is 1. The molecule has 0 rings (SSSR count). The lowest BCUT2D eigenvalue weighted by Gasteiger charge is -2.08. The van der Waals surface area contributed by atoms with Crippen LogP contribution in [0.25, 0.3) is 0 Å². The zero-order valence-corrected chi connectivity index (χ0v) is 21.2. The van der Waals surface area contributed by atoms with Gasteiger partial charge < -0.3 is 14.9 Å². The maximum absolute atomic E-state index is 11.2. The fraction of sp³-hybridized carbons (Fsp3) is 0.893. The molecule has 1 unspecified atom stereocenters. The van der Waals surface area contributed by atoms with Gasteiger partial charge in [-0.2, -0.15) is 0 Å². The van der Waals surface area contributed by atoms with Crippen LogP contribution >= 0.6 is 0 Å². The van der Waals surface area contributed by atoms with Crippen LogP contribution in [0.2, 0.25) is 0 Å². The molecule has 0 aromatic carbocycles. The molecule has 0 amide bonds. The van der Waals surface area contributed by atoms with Crippen molar-refractivity contribution < 1.29 is 19.7 Å². The predicted octanol–water partition coefficient (Wildman–Crippen LogP) is 7.30. The molecule has 0 saturated carbocycles. The summed E-state index contributed by atoms with van der Waals surface area (Å²) in [6.45, 7) is 2.67. The first-order chi connectivity index (χ1) is 15.7. The van der Waals surface area contributed by atoms with Crippen molar-refractivity contribution in [2.45, 2.75) is 141 Å². The molecule has 0 bridgehead atoms. The van der Waals surface area contributed by atoms with Crippen molar-refractivity contribution in [3.8, 4) is 0 Å².